The van der Waals surface area contributed by atoms with Crippen LogP contribution in [0.4, 0.5) is 0 Å². The maximum atomic E-state index is 12.2. The van der Waals surface area contributed by atoms with E-state index in [1.165, 1.54) is 0 Å². The number of nitrogens with zero attached hydrogens (tertiary/aromatic N) is 1. The number of aryl methyl sites for hydroxylation is 1. The smallest absolute Gasteiger partial charge is 0.164 e. The van der Waals surface area contributed by atoms with Gasteiger partial charge in [-0.05, 0) is 25.5 Å². The number of sulfone groups is 1. The summed E-state index contributed by atoms with van der Waals surface area (Å²) >= 11 is 0. The molecule has 1 fully saturated rings. The molecule has 0 amide bonds. The molecule has 0 unspecified atom stereocenters. The Morgan fingerprint density at radius 1 is 1.20 bits per heavy atom. The first kappa shape index (κ1) is 15.2. The second kappa shape index (κ2) is 6.50. The van der Waals surface area contributed by atoms with E-state index in [2.05, 4.69) is 4.90 Å². The van der Waals surface area contributed by atoms with Crippen LogP contribution in [-0.2, 0) is 9.84 Å². The molecule has 0 saturated carbocycles. The first-order valence-electron chi connectivity index (χ1n) is 6.99. The van der Waals surface area contributed by atoms with Gasteiger partial charge < -0.3 is 4.90 Å². The van der Waals surface area contributed by atoms with Gasteiger partial charge in [-0.15, -0.1) is 0 Å². The van der Waals surface area contributed by atoms with E-state index < -0.39 is 9.84 Å². The van der Waals surface area contributed by atoms with Crippen LogP contribution in [0.2, 0.25) is 0 Å². The molecule has 0 radical (unpaired) electrons. The average molecular weight is 295 g/mol. The molecule has 0 aromatic heterocycles. The molecule has 2 rings (SSSR count). The van der Waals surface area contributed by atoms with E-state index in [-0.39, 0.29) is 17.3 Å². The number of Topliss-reactive ketones (excluding diaryl/α,β-unsaturated/α-hetero) is 1. The van der Waals surface area contributed by atoms with Gasteiger partial charge in [0.2, 0.25) is 0 Å². The fraction of sp³-hybridized carbons (Fsp3) is 0.533. The number of hydrogen-bond donors (Lipinski definition) is 0. The molecule has 1 aliphatic rings. The van der Waals surface area contributed by atoms with Crippen LogP contribution in [0.15, 0.2) is 24.3 Å². The van der Waals surface area contributed by atoms with Crippen LogP contribution in [-0.4, -0.2) is 50.2 Å². The van der Waals surface area contributed by atoms with E-state index >= 15 is 0 Å². The molecule has 1 aliphatic heterocycles. The summed E-state index contributed by atoms with van der Waals surface area (Å²) in [5.41, 5.74) is 1.77. The SMILES string of the molecule is Cc1ccccc1C(=O)CCN1CCCS(=O)(=O)CC1. The van der Waals surface area contributed by atoms with Crippen LogP contribution in [0.25, 0.3) is 0 Å². The van der Waals surface area contributed by atoms with Crippen LogP contribution in [0, 0.1) is 6.92 Å². The van der Waals surface area contributed by atoms with Crippen molar-refractivity contribution in [2.45, 2.75) is 19.8 Å². The average Bonchev–Trinajstić information content (AvgIpc) is 2.57. The summed E-state index contributed by atoms with van der Waals surface area (Å²) in [4.78, 5) is 14.3. The molecule has 1 saturated heterocycles. The lowest BCUT2D eigenvalue weighted by atomic mass is 10.0. The van der Waals surface area contributed by atoms with Gasteiger partial charge in [0.05, 0.1) is 11.5 Å². The largest absolute Gasteiger partial charge is 0.302 e. The molecule has 1 aromatic rings. The molecule has 0 spiro atoms. The van der Waals surface area contributed by atoms with Gasteiger partial charge in [0.15, 0.2) is 15.6 Å². The molecule has 20 heavy (non-hydrogen) atoms. The van der Waals surface area contributed by atoms with Crippen LogP contribution < -0.4 is 0 Å². The highest BCUT2D eigenvalue weighted by molar-refractivity contribution is 7.91. The lowest BCUT2D eigenvalue weighted by molar-refractivity contribution is 0.0965. The van der Waals surface area contributed by atoms with Crippen molar-refractivity contribution in [1.29, 1.82) is 0 Å². The van der Waals surface area contributed by atoms with Crippen molar-refractivity contribution in [2.75, 3.05) is 31.1 Å². The van der Waals surface area contributed by atoms with E-state index in [1.54, 1.807) is 0 Å². The number of carbonyl (C=O) groups excluding carboxylic acids is 1. The van der Waals surface area contributed by atoms with Gasteiger partial charge in [-0.2, -0.15) is 0 Å². The van der Waals surface area contributed by atoms with Crippen LogP contribution in [0.5, 0.6) is 0 Å². The third kappa shape index (κ3) is 4.15. The van der Waals surface area contributed by atoms with Crippen molar-refractivity contribution in [1.82, 2.24) is 4.90 Å². The lowest BCUT2D eigenvalue weighted by Gasteiger charge is -2.18. The molecule has 1 heterocycles. The Morgan fingerprint density at radius 3 is 2.70 bits per heavy atom. The molecule has 110 valence electrons. The Bertz CT molecular complexity index is 581. The Labute approximate surface area is 120 Å². The van der Waals surface area contributed by atoms with Crippen LogP contribution >= 0.6 is 0 Å². The maximum Gasteiger partial charge on any atom is 0.164 e. The van der Waals surface area contributed by atoms with Crippen molar-refractivity contribution < 1.29 is 13.2 Å². The van der Waals surface area contributed by atoms with Crippen LogP contribution in [0.1, 0.15) is 28.8 Å². The fourth-order valence-corrected chi connectivity index (χ4v) is 3.80. The third-order valence-electron chi connectivity index (χ3n) is 3.75. The second-order valence-electron chi connectivity index (χ2n) is 5.34. The molecule has 1 aromatic carbocycles. The minimum Gasteiger partial charge on any atom is -0.302 e. The van der Waals surface area contributed by atoms with E-state index in [1.807, 2.05) is 31.2 Å². The van der Waals surface area contributed by atoms with E-state index in [0.29, 0.717) is 25.9 Å². The van der Waals surface area contributed by atoms with Crippen molar-refractivity contribution in [3.63, 3.8) is 0 Å². The van der Waals surface area contributed by atoms with Crippen molar-refractivity contribution in [3.05, 3.63) is 35.4 Å². The predicted molar refractivity (Wildman–Crippen MR) is 79.8 cm³/mol. The molecule has 0 atom stereocenters. The Morgan fingerprint density at radius 2 is 1.95 bits per heavy atom. The zero-order valence-corrected chi connectivity index (χ0v) is 12.7. The van der Waals surface area contributed by atoms with Gasteiger partial charge in [0, 0.05) is 25.1 Å². The summed E-state index contributed by atoms with van der Waals surface area (Å²) in [6.45, 7) is 3.89. The number of rotatable bonds is 4. The number of benzene rings is 1. The molecular weight excluding hydrogens is 274 g/mol. The van der Waals surface area contributed by atoms with Gasteiger partial charge in [-0.25, -0.2) is 8.42 Å². The van der Waals surface area contributed by atoms with E-state index in [9.17, 15) is 13.2 Å². The topological polar surface area (TPSA) is 54.5 Å². The standard InChI is InChI=1S/C15H21NO3S/c1-13-5-2-3-6-14(13)15(17)7-9-16-8-4-11-20(18,19)12-10-16/h2-3,5-6H,4,7-12H2,1H3. The lowest BCUT2D eigenvalue weighted by Crippen LogP contribution is -2.29. The summed E-state index contributed by atoms with van der Waals surface area (Å²) < 4.78 is 23.1. The summed E-state index contributed by atoms with van der Waals surface area (Å²) in [7, 11) is -2.88. The molecule has 0 bridgehead atoms. The Hall–Kier alpha value is -1.20. The number of carbonyl (C=O) groups is 1. The van der Waals surface area contributed by atoms with Crippen molar-refractivity contribution in [2.24, 2.45) is 0 Å². The van der Waals surface area contributed by atoms with Crippen molar-refractivity contribution >= 4 is 15.6 Å². The zero-order chi connectivity index (χ0) is 14.6. The minimum absolute atomic E-state index is 0.134. The summed E-state index contributed by atoms with van der Waals surface area (Å²) in [6, 6.07) is 7.58. The van der Waals surface area contributed by atoms with Crippen LogP contribution in [0.3, 0.4) is 0 Å². The predicted octanol–water partition coefficient (Wildman–Crippen LogP) is 1.69. The monoisotopic (exact) mass is 295 g/mol. The van der Waals surface area contributed by atoms with Crippen molar-refractivity contribution in [3.8, 4) is 0 Å². The second-order valence-corrected chi connectivity index (χ2v) is 7.64. The highest BCUT2D eigenvalue weighted by Gasteiger charge is 2.19. The zero-order valence-electron chi connectivity index (χ0n) is 11.8. The number of ketones is 1. The minimum atomic E-state index is -2.88. The maximum absolute atomic E-state index is 12.2. The van der Waals surface area contributed by atoms with Gasteiger partial charge in [-0.3, -0.25) is 4.79 Å². The van der Waals surface area contributed by atoms with Gasteiger partial charge in [-0.1, -0.05) is 24.3 Å². The Balaban J connectivity index is 1.89. The van der Waals surface area contributed by atoms with Gasteiger partial charge >= 0.3 is 0 Å². The summed E-state index contributed by atoms with van der Waals surface area (Å²) in [5, 5.41) is 0. The quantitative estimate of drug-likeness (QED) is 0.793. The highest BCUT2D eigenvalue weighted by Crippen LogP contribution is 2.11. The van der Waals surface area contributed by atoms with Gasteiger partial charge in [0.25, 0.3) is 0 Å². The van der Waals surface area contributed by atoms with E-state index in [0.717, 1.165) is 17.7 Å². The Kier molecular flexibility index (Phi) is 4.94. The molecule has 4 nitrogen and oxygen atoms in total. The molecule has 5 heteroatoms. The van der Waals surface area contributed by atoms with E-state index in [4.69, 9.17) is 0 Å². The van der Waals surface area contributed by atoms with Gasteiger partial charge in [0.1, 0.15) is 0 Å². The summed E-state index contributed by atoms with van der Waals surface area (Å²) in [5.74, 6) is 0.621. The molecular formula is C15H21NO3S. The first-order chi connectivity index (χ1) is 9.48. The molecule has 0 N–H and O–H groups in total. The normalized spacial score (nSPS) is 19.4. The summed E-state index contributed by atoms with van der Waals surface area (Å²) in [6.07, 6.45) is 1.12. The highest BCUT2D eigenvalue weighted by atomic mass is 32.2. The fourth-order valence-electron chi connectivity index (χ4n) is 2.49. The molecule has 0 aliphatic carbocycles. The first-order valence-corrected chi connectivity index (χ1v) is 8.82. The third-order valence-corrected chi connectivity index (χ3v) is 5.46. The number of hydrogen-bond acceptors (Lipinski definition) is 4.